The highest BCUT2D eigenvalue weighted by Crippen LogP contribution is 2.53. The van der Waals surface area contributed by atoms with Gasteiger partial charge in [-0.15, -0.1) is 11.3 Å². The summed E-state index contributed by atoms with van der Waals surface area (Å²) in [5, 5.41) is 3.36. The van der Waals surface area contributed by atoms with Crippen LogP contribution in [0.25, 0.3) is 105 Å². The van der Waals surface area contributed by atoms with Crippen LogP contribution >= 0.6 is 11.3 Å². The predicted molar refractivity (Wildman–Crippen MR) is 252 cm³/mol. The minimum atomic E-state index is -0.264. The summed E-state index contributed by atoms with van der Waals surface area (Å²) in [6.45, 7) is 4.71. The topological polar surface area (TPSA) is 56.5 Å². The van der Waals surface area contributed by atoms with Gasteiger partial charge in [0, 0.05) is 44.1 Å². The Balaban J connectivity index is 1.04. The van der Waals surface area contributed by atoms with Gasteiger partial charge >= 0.3 is 0 Å². The normalized spacial score (nSPS) is 12.9. The molecule has 3 heterocycles. The Morgan fingerprint density at radius 1 is 0.426 bits per heavy atom. The van der Waals surface area contributed by atoms with E-state index in [0.717, 1.165) is 54.9 Å². The molecule has 288 valence electrons. The quantitative estimate of drug-likeness (QED) is 0.168. The molecule has 0 bridgehead atoms. The first-order valence-electron chi connectivity index (χ1n) is 20.6. The molecule has 0 saturated carbocycles. The maximum Gasteiger partial charge on any atom is 0.164 e. The molecule has 0 radical (unpaired) electrons. The van der Waals surface area contributed by atoms with Gasteiger partial charge in [-0.25, -0.2) is 19.9 Å². The van der Waals surface area contributed by atoms with Crippen molar-refractivity contribution < 1.29 is 0 Å². The third kappa shape index (κ3) is 5.75. The Morgan fingerprint density at radius 2 is 0.934 bits per heavy atom. The second-order valence-electron chi connectivity index (χ2n) is 16.3. The minimum absolute atomic E-state index is 0.264. The molecule has 12 rings (SSSR count). The van der Waals surface area contributed by atoms with Crippen molar-refractivity contribution in [2.75, 3.05) is 0 Å². The zero-order valence-electron chi connectivity index (χ0n) is 33.5. The maximum atomic E-state index is 5.30. The lowest BCUT2D eigenvalue weighted by molar-refractivity contribution is 0.664. The number of hydrogen-bond acceptors (Lipinski definition) is 5. The van der Waals surface area contributed by atoms with Crippen LogP contribution in [0, 0.1) is 0 Å². The van der Waals surface area contributed by atoms with Crippen LogP contribution < -0.4 is 0 Å². The van der Waals surface area contributed by atoms with Crippen LogP contribution in [0.2, 0.25) is 0 Å². The van der Waals surface area contributed by atoms with Gasteiger partial charge in [-0.05, 0) is 81.9 Å². The molecule has 0 spiro atoms. The molecular formula is C55H37N5S. The van der Waals surface area contributed by atoms with Gasteiger partial charge in [0.05, 0.1) is 21.3 Å². The van der Waals surface area contributed by atoms with Crippen molar-refractivity contribution in [3.05, 3.63) is 199 Å². The second kappa shape index (κ2) is 13.8. The van der Waals surface area contributed by atoms with Crippen LogP contribution in [0.5, 0.6) is 0 Å². The molecule has 3 aromatic heterocycles. The molecular weight excluding hydrogens is 763 g/mol. The fraction of sp³-hybridized carbons (Fsp3) is 0.0545. The van der Waals surface area contributed by atoms with Crippen LogP contribution in [0.3, 0.4) is 0 Å². The first-order chi connectivity index (χ1) is 30.0. The van der Waals surface area contributed by atoms with Crippen molar-refractivity contribution in [2.45, 2.75) is 19.3 Å². The van der Waals surface area contributed by atoms with Crippen molar-refractivity contribution in [2.24, 2.45) is 0 Å². The zero-order valence-corrected chi connectivity index (χ0v) is 34.4. The fourth-order valence-electron chi connectivity index (χ4n) is 9.30. The van der Waals surface area contributed by atoms with Gasteiger partial charge in [-0.3, -0.25) is 0 Å². The van der Waals surface area contributed by atoms with Crippen LogP contribution in [-0.2, 0) is 5.41 Å². The van der Waals surface area contributed by atoms with Crippen LogP contribution in [0.15, 0.2) is 188 Å². The lowest BCUT2D eigenvalue weighted by Gasteiger charge is -2.22. The molecule has 0 amide bonds. The molecule has 1 aliphatic rings. The standard InChI is InChI=1S/C55H37N5S/c1-55(2)45-33-40(25-26-41(45)42-27-30-48-50(49(42)55)56-54(61-48)37-21-13-6-14-22-37)60-46-28-23-38(34-15-7-3-8-16-34)31-43(46)44-32-39(24-29-47(44)60)53-58-51(35-17-9-4-10-18-35)57-52(59-53)36-19-11-5-12-20-36/h3-33H,1-2H3. The van der Waals surface area contributed by atoms with Crippen molar-refractivity contribution in [3.63, 3.8) is 0 Å². The van der Waals surface area contributed by atoms with E-state index in [9.17, 15) is 0 Å². The lowest BCUT2D eigenvalue weighted by atomic mass is 9.82. The van der Waals surface area contributed by atoms with E-state index in [1.807, 2.05) is 60.7 Å². The number of rotatable bonds is 6. The summed E-state index contributed by atoms with van der Waals surface area (Å²) in [6, 6.07) is 66.5. The summed E-state index contributed by atoms with van der Waals surface area (Å²) in [6.07, 6.45) is 0. The Bertz CT molecular complexity index is 3420. The Morgan fingerprint density at radius 3 is 1.54 bits per heavy atom. The molecule has 0 N–H and O–H groups in total. The lowest BCUT2D eigenvalue weighted by Crippen LogP contribution is -2.16. The first-order valence-corrected chi connectivity index (χ1v) is 21.5. The summed E-state index contributed by atoms with van der Waals surface area (Å²) in [4.78, 5) is 20.5. The van der Waals surface area contributed by atoms with Gasteiger partial charge in [-0.2, -0.15) is 0 Å². The second-order valence-corrected chi connectivity index (χ2v) is 17.3. The van der Waals surface area contributed by atoms with E-state index in [1.54, 1.807) is 11.3 Å². The van der Waals surface area contributed by atoms with Gasteiger partial charge in [0.1, 0.15) is 5.01 Å². The molecule has 11 aromatic rings. The third-order valence-electron chi connectivity index (χ3n) is 12.3. The van der Waals surface area contributed by atoms with Gasteiger partial charge in [0.15, 0.2) is 17.5 Å². The zero-order chi connectivity index (χ0) is 40.7. The van der Waals surface area contributed by atoms with Crippen molar-refractivity contribution in [1.82, 2.24) is 24.5 Å². The molecule has 5 nitrogen and oxygen atoms in total. The number of aromatic nitrogens is 5. The van der Waals surface area contributed by atoms with Gasteiger partial charge in [0.25, 0.3) is 0 Å². The molecule has 0 aliphatic heterocycles. The molecule has 8 aromatic carbocycles. The first kappa shape index (κ1) is 35.4. The highest BCUT2D eigenvalue weighted by Gasteiger charge is 2.38. The van der Waals surface area contributed by atoms with Crippen LogP contribution in [0.1, 0.15) is 25.0 Å². The van der Waals surface area contributed by atoms with Crippen molar-refractivity contribution in [3.8, 4) is 72.7 Å². The van der Waals surface area contributed by atoms with Gasteiger partial charge < -0.3 is 4.57 Å². The average molecular weight is 800 g/mol. The molecule has 0 unspecified atom stereocenters. The van der Waals surface area contributed by atoms with E-state index in [-0.39, 0.29) is 5.41 Å². The maximum absolute atomic E-state index is 5.30. The summed E-state index contributed by atoms with van der Waals surface area (Å²) in [5.74, 6) is 1.92. The number of fused-ring (bicyclic) bond motifs is 8. The van der Waals surface area contributed by atoms with Crippen LogP contribution in [0.4, 0.5) is 0 Å². The van der Waals surface area contributed by atoms with Crippen molar-refractivity contribution in [1.29, 1.82) is 0 Å². The third-order valence-corrected chi connectivity index (χ3v) is 13.3. The van der Waals surface area contributed by atoms with E-state index < -0.39 is 0 Å². The van der Waals surface area contributed by atoms with E-state index in [0.29, 0.717) is 17.5 Å². The molecule has 6 heteroatoms. The molecule has 0 atom stereocenters. The highest BCUT2D eigenvalue weighted by atomic mass is 32.1. The van der Waals surface area contributed by atoms with E-state index in [1.165, 1.54) is 43.5 Å². The molecule has 61 heavy (non-hydrogen) atoms. The van der Waals surface area contributed by atoms with Gasteiger partial charge in [0.2, 0.25) is 0 Å². The molecule has 1 aliphatic carbocycles. The summed E-state index contributed by atoms with van der Waals surface area (Å²) >= 11 is 1.77. The van der Waals surface area contributed by atoms with E-state index in [4.69, 9.17) is 19.9 Å². The van der Waals surface area contributed by atoms with Gasteiger partial charge in [-0.1, -0.05) is 153 Å². The SMILES string of the molecule is CC1(C)c2cc(-n3c4ccc(-c5ccccc5)cc4c4cc(-c5nc(-c6ccccc6)nc(-c6ccccc6)n5)ccc43)ccc2-c2ccc3sc(-c4ccccc4)nc3c21. The minimum Gasteiger partial charge on any atom is -0.309 e. The predicted octanol–water partition coefficient (Wildman–Crippen LogP) is 14.2. The molecule has 0 saturated heterocycles. The Kier molecular flexibility index (Phi) is 7.99. The van der Waals surface area contributed by atoms with Crippen LogP contribution in [-0.4, -0.2) is 24.5 Å². The van der Waals surface area contributed by atoms with E-state index in [2.05, 4.69) is 146 Å². The summed E-state index contributed by atoms with van der Waals surface area (Å²) in [7, 11) is 0. The number of thiazole rings is 1. The smallest absolute Gasteiger partial charge is 0.164 e. The average Bonchev–Trinajstić information content (AvgIpc) is 3.97. The monoisotopic (exact) mass is 799 g/mol. The summed E-state index contributed by atoms with van der Waals surface area (Å²) in [5.41, 5.74) is 15.7. The Hall–Kier alpha value is -7.54. The number of benzene rings is 8. The number of nitrogens with zero attached hydrogens (tertiary/aromatic N) is 5. The fourth-order valence-corrected chi connectivity index (χ4v) is 10.3. The van der Waals surface area contributed by atoms with E-state index >= 15 is 0 Å². The number of hydrogen-bond donors (Lipinski definition) is 0. The molecule has 0 fully saturated rings. The highest BCUT2D eigenvalue weighted by molar-refractivity contribution is 7.21. The summed E-state index contributed by atoms with van der Waals surface area (Å²) < 4.78 is 3.64. The largest absolute Gasteiger partial charge is 0.309 e. The Labute approximate surface area is 357 Å². The van der Waals surface area contributed by atoms with Crippen molar-refractivity contribution >= 4 is 43.4 Å².